The summed E-state index contributed by atoms with van der Waals surface area (Å²) in [6.45, 7) is 0. The highest BCUT2D eigenvalue weighted by molar-refractivity contribution is 8.22. The molecule has 0 fully saturated rings. The van der Waals surface area contributed by atoms with Gasteiger partial charge >= 0.3 is 0 Å². The molecule has 1 N–H and O–H groups in total. The molecule has 0 spiro atoms. The van der Waals surface area contributed by atoms with E-state index in [4.69, 9.17) is 10.1 Å². The van der Waals surface area contributed by atoms with Gasteiger partial charge in [-0.1, -0.05) is 34.8 Å². The first kappa shape index (κ1) is 10.9. The molecule has 17 heavy (non-hydrogen) atoms. The molecule has 2 heterocycles. The molecule has 0 saturated heterocycles. The quantitative estimate of drug-likeness (QED) is 0.453. The Balaban J connectivity index is 2.10. The minimum absolute atomic E-state index is 0.000586. The molecule has 86 valence electrons. The van der Waals surface area contributed by atoms with Crippen molar-refractivity contribution in [1.82, 2.24) is 0 Å². The SMILES string of the molecule is N=CC1=CC=CS1=C1Oc2ccccc2C1S. The second-order valence-electron chi connectivity index (χ2n) is 3.74. The molecule has 0 aromatic heterocycles. The summed E-state index contributed by atoms with van der Waals surface area (Å²) in [5, 5.41) is 10.4. The van der Waals surface area contributed by atoms with Gasteiger partial charge in [0.15, 0.2) is 5.05 Å². The lowest BCUT2D eigenvalue weighted by Crippen LogP contribution is -2.06. The highest BCUT2D eigenvalue weighted by Gasteiger charge is 2.29. The average molecular weight is 261 g/mol. The first-order chi connectivity index (χ1) is 8.31. The van der Waals surface area contributed by atoms with Crippen molar-refractivity contribution in [3.8, 4) is 5.75 Å². The Kier molecular flexibility index (Phi) is 2.68. The van der Waals surface area contributed by atoms with Crippen molar-refractivity contribution in [3.05, 3.63) is 52.3 Å². The predicted molar refractivity (Wildman–Crippen MR) is 77.4 cm³/mol. The maximum absolute atomic E-state index is 7.40. The molecule has 1 aromatic rings. The van der Waals surface area contributed by atoms with Crippen LogP contribution in [-0.2, 0) is 0 Å². The number of nitrogens with one attached hydrogen (secondary N) is 1. The van der Waals surface area contributed by atoms with Crippen LogP contribution in [0.1, 0.15) is 10.8 Å². The Hall–Kier alpha value is -1.26. The van der Waals surface area contributed by atoms with Gasteiger partial charge in [-0.25, -0.2) is 0 Å². The van der Waals surface area contributed by atoms with E-state index in [1.54, 1.807) is 0 Å². The lowest BCUT2D eigenvalue weighted by molar-refractivity contribution is 0.578. The second kappa shape index (κ2) is 4.20. The summed E-state index contributed by atoms with van der Waals surface area (Å²) in [5.74, 6) is 0.889. The van der Waals surface area contributed by atoms with Crippen LogP contribution in [0, 0.1) is 5.41 Å². The van der Waals surface area contributed by atoms with E-state index in [0.29, 0.717) is 0 Å². The van der Waals surface area contributed by atoms with Crippen LogP contribution in [-0.4, -0.2) is 11.3 Å². The fourth-order valence-corrected chi connectivity index (χ4v) is 4.18. The van der Waals surface area contributed by atoms with Crippen LogP contribution in [0.2, 0.25) is 0 Å². The number of hydrogen-bond acceptors (Lipinski definition) is 3. The number of ether oxygens (including phenoxy) is 1. The highest BCUT2D eigenvalue weighted by atomic mass is 32.2. The van der Waals surface area contributed by atoms with E-state index in [1.807, 2.05) is 36.4 Å². The molecule has 2 aliphatic heterocycles. The maximum Gasteiger partial charge on any atom is 0.154 e. The Morgan fingerprint density at radius 2 is 2.18 bits per heavy atom. The molecular formula is C13H11NOS2. The third kappa shape index (κ3) is 1.68. The summed E-state index contributed by atoms with van der Waals surface area (Å²) in [7, 11) is -0.241. The third-order valence-electron chi connectivity index (χ3n) is 2.74. The summed E-state index contributed by atoms with van der Waals surface area (Å²) in [6, 6.07) is 7.96. The number of hydrogen-bond donors (Lipinski definition) is 2. The topological polar surface area (TPSA) is 33.1 Å². The average Bonchev–Trinajstić information content (AvgIpc) is 2.94. The Morgan fingerprint density at radius 3 is 2.94 bits per heavy atom. The van der Waals surface area contributed by atoms with Gasteiger partial charge in [0, 0.05) is 16.7 Å². The van der Waals surface area contributed by atoms with E-state index in [2.05, 4.69) is 18.0 Å². The summed E-state index contributed by atoms with van der Waals surface area (Å²) in [4.78, 5) is 0.979. The lowest BCUT2D eigenvalue weighted by atomic mass is 10.2. The highest BCUT2D eigenvalue weighted by Crippen LogP contribution is 2.44. The van der Waals surface area contributed by atoms with Crippen LogP contribution in [0.3, 0.4) is 0 Å². The molecule has 0 radical (unpaired) electrons. The van der Waals surface area contributed by atoms with Crippen LogP contribution in [0.4, 0.5) is 0 Å². The van der Waals surface area contributed by atoms with Gasteiger partial charge in [-0.05, 0) is 17.6 Å². The summed E-state index contributed by atoms with van der Waals surface area (Å²) in [5.41, 5.74) is 1.11. The molecule has 0 bridgehead atoms. The molecule has 4 heteroatoms. The zero-order chi connectivity index (χ0) is 11.8. The molecule has 0 aliphatic carbocycles. The van der Waals surface area contributed by atoms with Gasteiger partial charge in [-0.3, -0.25) is 0 Å². The van der Waals surface area contributed by atoms with E-state index in [9.17, 15) is 0 Å². The van der Waals surface area contributed by atoms with Crippen molar-refractivity contribution in [2.45, 2.75) is 5.25 Å². The number of benzene rings is 1. The van der Waals surface area contributed by atoms with Gasteiger partial charge in [0.05, 0.1) is 5.25 Å². The maximum atomic E-state index is 7.40. The van der Waals surface area contributed by atoms with E-state index < -0.39 is 0 Å². The first-order valence-electron chi connectivity index (χ1n) is 5.25. The molecule has 2 nitrogen and oxygen atoms in total. The molecule has 0 saturated carbocycles. The van der Waals surface area contributed by atoms with Crippen molar-refractivity contribution in [2.75, 3.05) is 0 Å². The second-order valence-corrected chi connectivity index (χ2v) is 6.08. The smallest absolute Gasteiger partial charge is 0.154 e. The summed E-state index contributed by atoms with van der Waals surface area (Å²) < 4.78 is 5.89. The Labute approximate surface area is 108 Å². The standard InChI is InChI=1S/C13H11NOS2/c14-8-9-4-3-7-17(9)13-12(16)10-5-1-2-6-11(10)15-13/h1-8,12,14,16H. The molecule has 1 aromatic carbocycles. The number of allylic oxidation sites excluding steroid dienone is 3. The normalized spacial score (nSPS) is 27.6. The van der Waals surface area contributed by atoms with Gasteiger partial charge in [-0.2, -0.15) is 12.6 Å². The fraction of sp³-hybridized carbons (Fsp3) is 0.0769. The van der Waals surface area contributed by atoms with E-state index in [0.717, 1.165) is 21.3 Å². The van der Waals surface area contributed by atoms with Crippen molar-refractivity contribution in [1.29, 1.82) is 5.41 Å². The molecule has 2 atom stereocenters. The van der Waals surface area contributed by atoms with Gasteiger partial charge in [0.1, 0.15) is 5.75 Å². The fourth-order valence-electron chi connectivity index (χ4n) is 1.92. The first-order valence-corrected chi connectivity index (χ1v) is 7.05. The molecule has 2 aliphatic rings. The van der Waals surface area contributed by atoms with Crippen molar-refractivity contribution >= 4 is 34.4 Å². The number of thiol groups is 1. The zero-order valence-electron chi connectivity index (χ0n) is 8.96. The van der Waals surface area contributed by atoms with Gasteiger partial charge in [0.2, 0.25) is 0 Å². The predicted octanol–water partition coefficient (Wildman–Crippen LogP) is 3.51. The van der Waals surface area contributed by atoms with Gasteiger partial charge in [-0.15, -0.1) is 0 Å². The van der Waals surface area contributed by atoms with Crippen molar-refractivity contribution < 1.29 is 4.74 Å². The lowest BCUT2D eigenvalue weighted by Gasteiger charge is -2.09. The van der Waals surface area contributed by atoms with Gasteiger partial charge in [0.25, 0.3) is 0 Å². The van der Waals surface area contributed by atoms with E-state index in [-0.39, 0.29) is 15.7 Å². The minimum Gasteiger partial charge on any atom is -0.453 e. The van der Waals surface area contributed by atoms with E-state index >= 15 is 0 Å². The van der Waals surface area contributed by atoms with Crippen LogP contribution in [0.15, 0.2) is 46.7 Å². The van der Waals surface area contributed by atoms with Crippen LogP contribution in [0.25, 0.3) is 0 Å². The van der Waals surface area contributed by atoms with E-state index in [1.165, 1.54) is 6.21 Å². The van der Waals surface area contributed by atoms with Crippen molar-refractivity contribution in [3.63, 3.8) is 0 Å². The molecule has 2 unspecified atom stereocenters. The Morgan fingerprint density at radius 1 is 1.35 bits per heavy atom. The number of fused-ring (bicyclic) bond motifs is 1. The summed E-state index contributed by atoms with van der Waals surface area (Å²) in [6.07, 6.45) is 5.32. The third-order valence-corrected chi connectivity index (χ3v) is 5.37. The van der Waals surface area contributed by atoms with Crippen LogP contribution in [0.5, 0.6) is 5.75 Å². The largest absolute Gasteiger partial charge is 0.453 e. The number of para-hydroxylation sites is 1. The number of rotatable bonds is 1. The zero-order valence-corrected chi connectivity index (χ0v) is 10.7. The van der Waals surface area contributed by atoms with Crippen LogP contribution < -0.4 is 4.74 Å². The minimum atomic E-state index is -0.241. The monoisotopic (exact) mass is 261 g/mol. The molecule has 0 amide bonds. The van der Waals surface area contributed by atoms with Crippen LogP contribution >= 0.6 is 23.1 Å². The van der Waals surface area contributed by atoms with Crippen molar-refractivity contribution in [2.24, 2.45) is 0 Å². The molecular weight excluding hydrogens is 250 g/mol. The Bertz CT molecular complexity index is 587. The van der Waals surface area contributed by atoms with Gasteiger partial charge < -0.3 is 10.1 Å². The summed E-state index contributed by atoms with van der Waals surface area (Å²) >= 11 is 4.63. The molecule has 3 rings (SSSR count).